The van der Waals surface area contributed by atoms with Crippen molar-refractivity contribution in [1.82, 2.24) is 5.32 Å². The summed E-state index contributed by atoms with van der Waals surface area (Å²) in [5.41, 5.74) is 8.53. The van der Waals surface area contributed by atoms with Crippen LogP contribution in [-0.2, 0) is 11.3 Å². The first kappa shape index (κ1) is 21.7. The van der Waals surface area contributed by atoms with Crippen molar-refractivity contribution in [3.63, 3.8) is 0 Å². The second-order valence-electron chi connectivity index (χ2n) is 5.03. The molecular weight excluding hydrogens is 298 g/mol. The molecule has 1 amide bonds. The molecule has 0 aliphatic heterocycles. The maximum atomic E-state index is 11.0. The Balaban J connectivity index is 0.00000254. The van der Waals surface area contributed by atoms with Crippen molar-refractivity contribution in [1.29, 1.82) is 0 Å². The Morgan fingerprint density at radius 3 is 2.42 bits per heavy atom. The van der Waals surface area contributed by atoms with E-state index in [4.69, 9.17) is 5.73 Å². The number of anilines is 1. The fourth-order valence-electron chi connectivity index (χ4n) is 1.85. The van der Waals surface area contributed by atoms with E-state index in [0.717, 1.165) is 17.8 Å². The largest absolute Gasteiger partial charge is 0.381 e. The number of benzene rings is 1. The molecule has 1 aromatic carbocycles. The standard InChI is InChI=1S/C18H25N3O.C2H6/c1-4-6-15(7-5-2)13-21-17-10-8-16(9-11-17)12-20-14(3)18(19)22;1-2/h4-11,14,20-21H,1,12-13H2,2-3H3,(H2,19,22);1-2H3/b7-5-,15-6+;. The van der Waals surface area contributed by atoms with E-state index in [0.29, 0.717) is 6.54 Å². The van der Waals surface area contributed by atoms with Gasteiger partial charge in [0.05, 0.1) is 6.04 Å². The van der Waals surface area contributed by atoms with Crippen LogP contribution in [-0.4, -0.2) is 18.5 Å². The van der Waals surface area contributed by atoms with Gasteiger partial charge in [0, 0.05) is 18.8 Å². The molecule has 4 N–H and O–H groups in total. The zero-order valence-corrected chi connectivity index (χ0v) is 15.3. The van der Waals surface area contributed by atoms with E-state index in [1.165, 1.54) is 5.57 Å². The third kappa shape index (κ3) is 8.96. The highest BCUT2D eigenvalue weighted by atomic mass is 16.1. The molecule has 0 fully saturated rings. The third-order valence-electron chi connectivity index (χ3n) is 3.20. The maximum absolute atomic E-state index is 11.0. The van der Waals surface area contributed by atoms with Crippen molar-refractivity contribution < 1.29 is 4.79 Å². The Bertz CT molecular complexity index is 545. The fourth-order valence-corrected chi connectivity index (χ4v) is 1.85. The number of carbonyl (C=O) groups is 1. The van der Waals surface area contributed by atoms with Gasteiger partial charge in [-0.2, -0.15) is 0 Å². The van der Waals surface area contributed by atoms with Crippen molar-refractivity contribution in [2.45, 2.75) is 40.3 Å². The minimum atomic E-state index is -0.344. The molecule has 1 aromatic rings. The van der Waals surface area contributed by atoms with Gasteiger partial charge < -0.3 is 16.4 Å². The molecule has 0 saturated carbocycles. The van der Waals surface area contributed by atoms with Crippen LogP contribution in [0.1, 0.15) is 33.3 Å². The summed E-state index contributed by atoms with van der Waals surface area (Å²) in [6.07, 6.45) is 7.83. The van der Waals surface area contributed by atoms with E-state index in [1.807, 2.05) is 57.2 Å². The molecule has 0 saturated heterocycles. The monoisotopic (exact) mass is 329 g/mol. The van der Waals surface area contributed by atoms with E-state index < -0.39 is 0 Å². The minimum Gasteiger partial charge on any atom is -0.381 e. The highest BCUT2D eigenvalue weighted by Crippen LogP contribution is 2.11. The maximum Gasteiger partial charge on any atom is 0.234 e. The van der Waals surface area contributed by atoms with E-state index in [2.05, 4.69) is 23.3 Å². The van der Waals surface area contributed by atoms with Gasteiger partial charge in [-0.3, -0.25) is 4.79 Å². The molecule has 0 heterocycles. The van der Waals surface area contributed by atoms with E-state index in [-0.39, 0.29) is 11.9 Å². The Kier molecular flexibility index (Phi) is 11.9. The molecule has 4 heteroatoms. The molecule has 1 unspecified atom stereocenters. The van der Waals surface area contributed by atoms with Gasteiger partial charge in [0.15, 0.2) is 0 Å². The molecule has 132 valence electrons. The Hall–Kier alpha value is -2.33. The number of hydrogen-bond donors (Lipinski definition) is 3. The molecule has 0 spiro atoms. The lowest BCUT2D eigenvalue weighted by molar-refractivity contribution is -0.119. The van der Waals surface area contributed by atoms with Gasteiger partial charge >= 0.3 is 0 Å². The van der Waals surface area contributed by atoms with E-state index in [1.54, 1.807) is 13.0 Å². The van der Waals surface area contributed by atoms with Gasteiger partial charge in [0.1, 0.15) is 0 Å². The highest BCUT2D eigenvalue weighted by Gasteiger charge is 2.06. The van der Waals surface area contributed by atoms with E-state index in [9.17, 15) is 4.79 Å². The van der Waals surface area contributed by atoms with Gasteiger partial charge in [-0.15, -0.1) is 0 Å². The third-order valence-corrected chi connectivity index (χ3v) is 3.20. The SMILES string of the molecule is C=C/C=C(\C=C/C)CNc1ccc(CNC(C)C(N)=O)cc1.CC. The van der Waals surface area contributed by atoms with Crippen LogP contribution in [0.5, 0.6) is 0 Å². The topological polar surface area (TPSA) is 67.2 Å². The van der Waals surface area contributed by atoms with Crippen molar-refractivity contribution in [2.24, 2.45) is 5.73 Å². The summed E-state index contributed by atoms with van der Waals surface area (Å²) in [7, 11) is 0. The smallest absolute Gasteiger partial charge is 0.234 e. The van der Waals surface area contributed by atoms with Crippen LogP contribution in [0.4, 0.5) is 5.69 Å². The highest BCUT2D eigenvalue weighted by molar-refractivity contribution is 5.79. The quantitative estimate of drug-likeness (QED) is 0.604. The van der Waals surface area contributed by atoms with Gasteiger partial charge in [-0.05, 0) is 37.1 Å². The number of nitrogens with two attached hydrogens (primary N) is 1. The molecule has 4 nitrogen and oxygen atoms in total. The number of amides is 1. The molecule has 1 rings (SSSR count). The Labute approximate surface area is 146 Å². The van der Waals surface area contributed by atoms with Crippen LogP contribution in [0.15, 0.2) is 60.7 Å². The van der Waals surface area contributed by atoms with Crippen molar-refractivity contribution in [3.8, 4) is 0 Å². The van der Waals surface area contributed by atoms with Crippen molar-refractivity contribution >= 4 is 11.6 Å². The lowest BCUT2D eigenvalue weighted by atomic mass is 10.1. The summed E-state index contributed by atoms with van der Waals surface area (Å²) in [5.74, 6) is -0.344. The first-order chi connectivity index (χ1) is 11.6. The van der Waals surface area contributed by atoms with Crippen molar-refractivity contribution in [3.05, 3.63) is 66.3 Å². The molecule has 1 atom stereocenters. The Morgan fingerprint density at radius 1 is 1.29 bits per heavy atom. The minimum absolute atomic E-state index is 0.328. The molecule has 0 aliphatic carbocycles. The first-order valence-corrected chi connectivity index (χ1v) is 8.36. The number of hydrogen-bond acceptors (Lipinski definition) is 3. The Morgan fingerprint density at radius 2 is 1.92 bits per heavy atom. The fraction of sp³-hybridized carbons (Fsp3) is 0.350. The summed E-state index contributed by atoms with van der Waals surface area (Å²) < 4.78 is 0. The predicted octanol–water partition coefficient (Wildman–Crippen LogP) is 3.78. The van der Waals surface area contributed by atoms with Crippen molar-refractivity contribution in [2.75, 3.05) is 11.9 Å². The normalized spacial score (nSPS) is 12.2. The predicted molar refractivity (Wildman–Crippen MR) is 105 cm³/mol. The average Bonchev–Trinajstić information content (AvgIpc) is 2.60. The summed E-state index contributed by atoms with van der Waals surface area (Å²) in [6, 6.07) is 7.76. The van der Waals surface area contributed by atoms with Crippen LogP contribution < -0.4 is 16.4 Å². The van der Waals surface area contributed by atoms with Gasteiger partial charge in [0.25, 0.3) is 0 Å². The number of nitrogens with one attached hydrogen (secondary N) is 2. The summed E-state index contributed by atoms with van der Waals surface area (Å²) in [5, 5.41) is 6.44. The second kappa shape index (κ2) is 13.1. The molecule has 0 aromatic heterocycles. The first-order valence-electron chi connectivity index (χ1n) is 8.36. The molecular formula is C20H31N3O. The molecule has 24 heavy (non-hydrogen) atoms. The van der Waals surface area contributed by atoms with Crippen LogP contribution >= 0.6 is 0 Å². The molecule has 0 bridgehead atoms. The van der Waals surface area contributed by atoms with E-state index >= 15 is 0 Å². The molecule has 0 radical (unpaired) electrons. The summed E-state index contributed by atoms with van der Waals surface area (Å²) >= 11 is 0. The summed E-state index contributed by atoms with van der Waals surface area (Å²) in [4.78, 5) is 11.0. The van der Waals surface area contributed by atoms with Crippen LogP contribution in [0, 0.1) is 0 Å². The number of carbonyl (C=O) groups excluding carboxylic acids is 1. The van der Waals surface area contributed by atoms with Crippen LogP contribution in [0.2, 0.25) is 0 Å². The second-order valence-corrected chi connectivity index (χ2v) is 5.03. The lowest BCUT2D eigenvalue weighted by Crippen LogP contribution is -2.38. The average molecular weight is 329 g/mol. The number of rotatable bonds is 9. The van der Waals surface area contributed by atoms with Gasteiger partial charge in [-0.25, -0.2) is 0 Å². The zero-order chi connectivity index (χ0) is 18.4. The van der Waals surface area contributed by atoms with Crippen LogP contribution in [0.25, 0.3) is 0 Å². The number of allylic oxidation sites excluding steroid dienone is 3. The van der Waals surface area contributed by atoms with Crippen LogP contribution in [0.3, 0.4) is 0 Å². The summed E-state index contributed by atoms with van der Waals surface area (Å²) in [6.45, 7) is 12.8. The number of primary amides is 1. The van der Waals surface area contributed by atoms with Gasteiger partial charge in [0.2, 0.25) is 5.91 Å². The van der Waals surface area contributed by atoms with Gasteiger partial charge in [-0.1, -0.05) is 56.9 Å². The lowest BCUT2D eigenvalue weighted by Gasteiger charge is -2.11. The zero-order valence-electron chi connectivity index (χ0n) is 15.3. The molecule has 0 aliphatic rings.